The van der Waals surface area contributed by atoms with E-state index in [4.69, 9.17) is 19.1 Å². The second-order valence-corrected chi connectivity index (χ2v) is 15.1. The van der Waals surface area contributed by atoms with Crippen molar-refractivity contribution < 1.29 is 47.8 Å². The fourth-order valence-electron chi connectivity index (χ4n) is 5.35. The molecule has 0 bridgehead atoms. The third-order valence-electron chi connectivity index (χ3n) is 8.55. The molecule has 0 fully saturated rings. The zero-order valence-electron chi connectivity index (χ0n) is 32.8. The molecule has 1 unspecified atom stereocenters. The maximum absolute atomic E-state index is 12.6. The molecule has 0 aliphatic carbocycles. The number of carbonyl (C=O) groups excluding carboxylic acids is 2. The van der Waals surface area contributed by atoms with Gasteiger partial charge in [0.05, 0.1) is 19.8 Å². The first-order valence-electron chi connectivity index (χ1n) is 20.4. The highest BCUT2D eigenvalue weighted by Gasteiger charge is 2.27. The minimum atomic E-state index is -4.62. The Morgan fingerprint density at radius 1 is 0.577 bits per heavy atom. The molecule has 3 N–H and O–H groups in total. The molecular formula is C41H75O10P. The second-order valence-electron chi connectivity index (χ2n) is 13.7. The lowest BCUT2D eigenvalue weighted by molar-refractivity contribution is -0.161. The summed E-state index contributed by atoms with van der Waals surface area (Å²) in [5, 5.41) is 18.3. The zero-order valence-corrected chi connectivity index (χ0v) is 33.7. The molecule has 0 aliphatic heterocycles. The number of ether oxygens (including phenoxy) is 2. The van der Waals surface area contributed by atoms with Crippen LogP contribution in [0.1, 0.15) is 174 Å². The number of esters is 2. The zero-order chi connectivity index (χ0) is 38.4. The monoisotopic (exact) mass is 759 g/mol. The van der Waals surface area contributed by atoms with E-state index in [2.05, 4.69) is 54.8 Å². The van der Waals surface area contributed by atoms with Gasteiger partial charge in [0.25, 0.3) is 0 Å². The van der Waals surface area contributed by atoms with E-state index in [9.17, 15) is 24.2 Å². The van der Waals surface area contributed by atoms with Crippen LogP contribution in [0.5, 0.6) is 0 Å². The molecule has 0 rings (SSSR count). The maximum atomic E-state index is 12.6. The fourth-order valence-corrected chi connectivity index (χ4v) is 6.14. The Balaban J connectivity index is 4.39. The number of aliphatic hydroxyl groups is 2. The van der Waals surface area contributed by atoms with Gasteiger partial charge < -0.3 is 24.6 Å². The van der Waals surface area contributed by atoms with Gasteiger partial charge in [-0.3, -0.25) is 18.6 Å². The van der Waals surface area contributed by atoms with E-state index in [0.717, 1.165) is 51.4 Å². The number of aliphatic hydroxyl groups excluding tert-OH is 2. The molecule has 0 aromatic carbocycles. The van der Waals surface area contributed by atoms with Crippen molar-refractivity contribution in [3.63, 3.8) is 0 Å². The van der Waals surface area contributed by atoms with E-state index in [-0.39, 0.29) is 19.4 Å². The Labute approximate surface area is 316 Å². The first kappa shape index (κ1) is 50.2. The molecule has 0 saturated carbocycles. The van der Waals surface area contributed by atoms with Gasteiger partial charge in [-0.2, -0.15) is 0 Å². The van der Waals surface area contributed by atoms with E-state index in [1.54, 1.807) is 0 Å². The van der Waals surface area contributed by atoms with Crippen LogP contribution in [0.4, 0.5) is 0 Å². The molecule has 0 aliphatic rings. The van der Waals surface area contributed by atoms with Crippen LogP contribution in [0.2, 0.25) is 0 Å². The molecular weight excluding hydrogens is 683 g/mol. The van der Waals surface area contributed by atoms with Gasteiger partial charge in [0.1, 0.15) is 12.7 Å². The lowest BCUT2D eigenvalue weighted by Crippen LogP contribution is -2.29. The molecule has 0 amide bonds. The number of allylic oxidation sites excluding steroid dienone is 6. The predicted molar refractivity (Wildman–Crippen MR) is 210 cm³/mol. The van der Waals surface area contributed by atoms with Crippen molar-refractivity contribution in [2.75, 3.05) is 26.4 Å². The number of hydrogen-bond donors (Lipinski definition) is 3. The summed E-state index contributed by atoms with van der Waals surface area (Å²) in [5.74, 6) is -0.967. The summed E-state index contributed by atoms with van der Waals surface area (Å²) in [6.07, 6.45) is 36.8. The fraction of sp³-hybridized carbons (Fsp3) is 0.805. The summed E-state index contributed by atoms with van der Waals surface area (Å²) in [6, 6.07) is 0. The summed E-state index contributed by atoms with van der Waals surface area (Å²) >= 11 is 0. The van der Waals surface area contributed by atoms with Gasteiger partial charge in [0.15, 0.2) is 6.10 Å². The van der Waals surface area contributed by atoms with Crippen molar-refractivity contribution in [2.24, 2.45) is 0 Å². The molecule has 0 saturated heterocycles. The van der Waals surface area contributed by atoms with Crippen LogP contribution < -0.4 is 0 Å². The molecule has 0 heterocycles. The Hall–Kier alpha value is -1.81. The summed E-state index contributed by atoms with van der Waals surface area (Å²) in [7, 11) is -4.62. The SMILES string of the molecule is CCCCC/C=C/C/C=C/C/C=C/CCCCC(=O)OC[C@H](COP(=O)(O)OC[C@@H](O)CO)OC(=O)CCCCCCCCCCCCCCCC. The van der Waals surface area contributed by atoms with Crippen molar-refractivity contribution in [1.82, 2.24) is 0 Å². The van der Waals surface area contributed by atoms with Gasteiger partial charge in [-0.05, 0) is 51.4 Å². The number of rotatable bonds is 38. The summed E-state index contributed by atoms with van der Waals surface area (Å²) < 4.78 is 32.6. The van der Waals surface area contributed by atoms with Crippen LogP contribution in [0.25, 0.3) is 0 Å². The first-order chi connectivity index (χ1) is 25.2. The topological polar surface area (TPSA) is 149 Å². The molecule has 11 heteroatoms. The number of unbranched alkanes of at least 4 members (excludes halogenated alkanes) is 18. The van der Waals surface area contributed by atoms with E-state index in [1.807, 2.05) is 0 Å². The third kappa shape index (κ3) is 36.5. The Morgan fingerprint density at radius 3 is 1.54 bits per heavy atom. The van der Waals surface area contributed by atoms with Crippen LogP contribution in [0, 0.1) is 0 Å². The highest BCUT2D eigenvalue weighted by molar-refractivity contribution is 7.47. The highest BCUT2D eigenvalue weighted by Crippen LogP contribution is 2.43. The summed E-state index contributed by atoms with van der Waals surface area (Å²) in [4.78, 5) is 34.9. The van der Waals surface area contributed by atoms with Crippen LogP contribution in [0.3, 0.4) is 0 Å². The number of phosphoric acid groups is 1. The lowest BCUT2D eigenvalue weighted by atomic mass is 10.0. The second kappa shape index (κ2) is 37.5. The molecule has 52 heavy (non-hydrogen) atoms. The van der Waals surface area contributed by atoms with E-state index >= 15 is 0 Å². The number of phosphoric ester groups is 1. The largest absolute Gasteiger partial charge is 0.472 e. The minimum Gasteiger partial charge on any atom is -0.462 e. The van der Waals surface area contributed by atoms with Gasteiger partial charge in [0.2, 0.25) is 0 Å². The van der Waals surface area contributed by atoms with Gasteiger partial charge >= 0.3 is 19.8 Å². The normalized spacial score (nSPS) is 14.3. The predicted octanol–water partition coefficient (Wildman–Crippen LogP) is 10.4. The molecule has 0 radical (unpaired) electrons. The molecule has 304 valence electrons. The van der Waals surface area contributed by atoms with Gasteiger partial charge in [0, 0.05) is 12.8 Å². The Morgan fingerprint density at radius 2 is 1.00 bits per heavy atom. The smallest absolute Gasteiger partial charge is 0.462 e. The molecule has 0 aromatic rings. The van der Waals surface area contributed by atoms with Crippen molar-refractivity contribution in [3.05, 3.63) is 36.5 Å². The number of hydrogen-bond acceptors (Lipinski definition) is 9. The average Bonchev–Trinajstić information content (AvgIpc) is 3.13. The van der Waals surface area contributed by atoms with Crippen molar-refractivity contribution in [1.29, 1.82) is 0 Å². The van der Waals surface area contributed by atoms with Crippen molar-refractivity contribution >= 4 is 19.8 Å². The van der Waals surface area contributed by atoms with E-state index < -0.39 is 51.8 Å². The summed E-state index contributed by atoms with van der Waals surface area (Å²) in [6.45, 7) is 2.30. The first-order valence-corrected chi connectivity index (χ1v) is 21.9. The minimum absolute atomic E-state index is 0.179. The van der Waals surface area contributed by atoms with Crippen LogP contribution in [0.15, 0.2) is 36.5 Å². The van der Waals surface area contributed by atoms with Crippen LogP contribution in [-0.2, 0) is 32.7 Å². The Bertz CT molecular complexity index is 967. The van der Waals surface area contributed by atoms with Gasteiger partial charge in [-0.15, -0.1) is 0 Å². The van der Waals surface area contributed by atoms with Gasteiger partial charge in [-0.1, -0.05) is 147 Å². The van der Waals surface area contributed by atoms with E-state index in [0.29, 0.717) is 12.8 Å². The number of carbonyl (C=O) groups is 2. The lowest BCUT2D eigenvalue weighted by Gasteiger charge is -2.20. The quantitative estimate of drug-likeness (QED) is 0.0240. The van der Waals surface area contributed by atoms with Crippen LogP contribution >= 0.6 is 7.82 Å². The molecule has 0 aromatic heterocycles. The molecule has 10 nitrogen and oxygen atoms in total. The molecule has 0 spiro atoms. The van der Waals surface area contributed by atoms with E-state index in [1.165, 1.54) is 83.5 Å². The third-order valence-corrected chi connectivity index (χ3v) is 9.50. The van der Waals surface area contributed by atoms with Crippen LogP contribution in [-0.4, -0.2) is 65.7 Å². The standard InChI is InChI=1S/C41H75O10P/c1-3-5-7-9-11-13-15-17-19-21-22-24-26-28-30-32-40(44)48-36-39(37-50-52(46,47)49-35-38(43)34-42)51-41(45)33-31-29-27-25-23-20-18-16-14-12-10-8-6-4-2/h11,13,17,19,22,24,38-39,42-43H,3-10,12,14-16,18,20-21,23,25-37H2,1-2H3,(H,46,47)/b13-11+,19-17+,24-22+/t38-,39+/m0/s1. The maximum Gasteiger partial charge on any atom is 0.472 e. The van der Waals surface area contributed by atoms with Crippen molar-refractivity contribution in [3.8, 4) is 0 Å². The Kier molecular flexibility index (Phi) is 36.2. The summed E-state index contributed by atoms with van der Waals surface area (Å²) in [5.41, 5.74) is 0. The highest BCUT2D eigenvalue weighted by atomic mass is 31.2. The molecule has 3 atom stereocenters. The average molecular weight is 759 g/mol. The van der Waals surface area contributed by atoms with Gasteiger partial charge in [-0.25, -0.2) is 4.57 Å². The van der Waals surface area contributed by atoms with Crippen molar-refractivity contribution in [2.45, 2.75) is 187 Å².